The van der Waals surface area contributed by atoms with Gasteiger partial charge in [0, 0.05) is 31.0 Å². The number of aryl methyl sites for hydroxylation is 1. The maximum absolute atomic E-state index is 12.2. The fourth-order valence-electron chi connectivity index (χ4n) is 2.92. The quantitative estimate of drug-likeness (QED) is 0.485. The molecule has 0 fully saturated rings. The van der Waals surface area contributed by atoms with Crippen molar-refractivity contribution in [2.75, 3.05) is 5.32 Å². The van der Waals surface area contributed by atoms with Gasteiger partial charge in [-0.3, -0.25) is 14.5 Å². The van der Waals surface area contributed by atoms with Crippen molar-refractivity contribution < 1.29 is 0 Å². The van der Waals surface area contributed by atoms with Crippen LogP contribution in [0.5, 0.6) is 0 Å². The Morgan fingerprint density at radius 1 is 1.14 bits per heavy atom. The van der Waals surface area contributed by atoms with Gasteiger partial charge in [0.05, 0.1) is 28.5 Å². The Morgan fingerprint density at radius 3 is 2.86 bits per heavy atom. The van der Waals surface area contributed by atoms with Gasteiger partial charge < -0.3 is 5.32 Å². The second-order valence-corrected chi connectivity index (χ2v) is 6.60. The average Bonchev–Trinajstić information content (AvgIpc) is 3.29. The molecule has 0 unspecified atom stereocenters. The average molecular weight is 406 g/mol. The lowest BCUT2D eigenvalue weighted by molar-refractivity contribution is 0.768. The van der Waals surface area contributed by atoms with E-state index in [0.717, 1.165) is 10.9 Å². The number of hydrogen-bond acceptors (Lipinski definition) is 8. The van der Waals surface area contributed by atoms with Crippen LogP contribution < -0.4 is 10.9 Å². The third-order valence-corrected chi connectivity index (χ3v) is 4.55. The van der Waals surface area contributed by atoms with Crippen LogP contribution in [0, 0.1) is 0 Å². The van der Waals surface area contributed by atoms with E-state index in [2.05, 4.69) is 35.5 Å². The minimum atomic E-state index is -0.482. The first-order valence-corrected chi connectivity index (χ1v) is 8.89. The second-order valence-electron chi connectivity index (χ2n) is 6.19. The first-order chi connectivity index (χ1) is 14.1. The number of aromatic nitrogens is 8. The first-order valence-electron chi connectivity index (χ1n) is 8.51. The molecule has 10 nitrogen and oxygen atoms in total. The fourth-order valence-corrected chi connectivity index (χ4v) is 3.14. The molecular weight excluding hydrogens is 394 g/mol. The lowest BCUT2D eigenvalue weighted by Gasteiger charge is -2.08. The van der Waals surface area contributed by atoms with Crippen molar-refractivity contribution in [2.24, 2.45) is 7.05 Å². The highest BCUT2D eigenvalue weighted by Crippen LogP contribution is 2.28. The van der Waals surface area contributed by atoms with Gasteiger partial charge in [0.25, 0.3) is 5.56 Å². The van der Waals surface area contributed by atoms with E-state index in [1.165, 1.54) is 23.1 Å². The molecule has 0 amide bonds. The predicted molar refractivity (Wildman–Crippen MR) is 107 cm³/mol. The number of halogens is 1. The van der Waals surface area contributed by atoms with E-state index in [1.54, 1.807) is 16.9 Å². The monoisotopic (exact) mass is 405 g/mol. The van der Waals surface area contributed by atoms with Crippen LogP contribution in [0.1, 0.15) is 0 Å². The summed E-state index contributed by atoms with van der Waals surface area (Å²) in [5.74, 6) is 0.725. The van der Waals surface area contributed by atoms with Crippen molar-refractivity contribution in [3.63, 3.8) is 0 Å². The van der Waals surface area contributed by atoms with E-state index in [1.807, 2.05) is 25.4 Å². The highest BCUT2D eigenvalue weighted by atomic mass is 35.5. The molecule has 0 aliphatic heterocycles. The molecule has 0 atom stereocenters. The standard InChI is InChI=1S/C18H12ClN9O/c1-27-9-10(7-22-27)15-25-16-11-3-2-4-12(19)14(11)24-18(28(16)26-15)23-13-8-20-5-6-21-17(13)29/h2-9H,1H3,(H,21,23,24,29). The van der Waals surface area contributed by atoms with Crippen molar-refractivity contribution in [3.8, 4) is 11.4 Å². The van der Waals surface area contributed by atoms with Crippen LogP contribution in [0.15, 0.2) is 54.0 Å². The Kier molecular flexibility index (Phi) is 3.91. The van der Waals surface area contributed by atoms with E-state index >= 15 is 0 Å². The number of rotatable bonds is 3. The van der Waals surface area contributed by atoms with Crippen LogP contribution in [-0.2, 0) is 7.05 Å². The Morgan fingerprint density at radius 2 is 2.03 bits per heavy atom. The Hall–Kier alpha value is -3.92. The highest BCUT2D eigenvalue weighted by molar-refractivity contribution is 6.35. The van der Waals surface area contributed by atoms with Crippen molar-refractivity contribution in [1.29, 1.82) is 0 Å². The third kappa shape index (κ3) is 2.95. The van der Waals surface area contributed by atoms with Crippen molar-refractivity contribution >= 4 is 39.8 Å². The van der Waals surface area contributed by atoms with Gasteiger partial charge >= 0.3 is 0 Å². The number of para-hydroxylation sites is 1. The summed E-state index contributed by atoms with van der Waals surface area (Å²) in [6.07, 6.45) is 7.60. The van der Waals surface area contributed by atoms with Crippen LogP contribution in [0.25, 0.3) is 27.9 Å². The lowest BCUT2D eigenvalue weighted by atomic mass is 10.2. The molecule has 0 aliphatic rings. The molecule has 0 aliphatic carbocycles. The predicted octanol–water partition coefficient (Wildman–Crippen LogP) is 2.23. The number of fused-ring (bicyclic) bond motifs is 3. The van der Waals surface area contributed by atoms with Crippen molar-refractivity contribution in [1.82, 2.24) is 39.3 Å². The van der Waals surface area contributed by atoms with Crippen LogP contribution in [0.3, 0.4) is 0 Å². The normalized spacial score (nSPS) is 11.2. The molecule has 1 aromatic carbocycles. The minimum Gasteiger partial charge on any atom is -0.318 e. The summed E-state index contributed by atoms with van der Waals surface area (Å²) in [5, 5.41) is 12.9. The van der Waals surface area contributed by atoms with Crippen LogP contribution in [0.4, 0.5) is 11.6 Å². The highest BCUT2D eigenvalue weighted by Gasteiger charge is 2.17. The van der Waals surface area contributed by atoms with Crippen LogP contribution >= 0.6 is 11.6 Å². The number of hydrogen-bond donors (Lipinski definition) is 1. The van der Waals surface area contributed by atoms with Gasteiger partial charge in [0.2, 0.25) is 5.95 Å². The van der Waals surface area contributed by atoms with Gasteiger partial charge in [-0.25, -0.2) is 15.0 Å². The van der Waals surface area contributed by atoms with Gasteiger partial charge in [0.1, 0.15) is 5.69 Å². The summed E-state index contributed by atoms with van der Waals surface area (Å²) in [6, 6.07) is 5.42. The molecule has 4 aromatic heterocycles. The van der Waals surface area contributed by atoms with Gasteiger partial charge in [-0.2, -0.15) is 9.61 Å². The van der Waals surface area contributed by atoms with E-state index in [9.17, 15) is 4.79 Å². The summed E-state index contributed by atoms with van der Waals surface area (Å²) in [5.41, 5.74) is 1.48. The Bertz CT molecular complexity index is 1440. The Labute approximate surface area is 167 Å². The minimum absolute atomic E-state index is 0.147. The maximum Gasteiger partial charge on any atom is 0.295 e. The number of nitrogens with zero attached hydrogens (tertiary/aromatic N) is 8. The van der Waals surface area contributed by atoms with Gasteiger partial charge in [-0.05, 0) is 12.1 Å². The first kappa shape index (κ1) is 17.2. The zero-order valence-electron chi connectivity index (χ0n) is 15.0. The van der Waals surface area contributed by atoms with E-state index in [-0.39, 0.29) is 11.6 Å². The molecule has 5 rings (SSSR count). The summed E-state index contributed by atoms with van der Waals surface area (Å²) < 4.78 is 3.19. The molecule has 0 radical (unpaired) electrons. The Balaban J connectivity index is 1.79. The van der Waals surface area contributed by atoms with E-state index in [0.29, 0.717) is 22.0 Å². The SMILES string of the molecule is Cn1cc(-c2nc3c4cccc(Cl)c4nc(Nc4cnccnc4=O)n3n2)cn1. The van der Waals surface area contributed by atoms with E-state index in [4.69, 9.17) is 11.6 Å². The smallest absolute Gasteiger partial charge is 0.295 e. The molecule has 29 heavy (non-hydrogen) atoms. The van der Waals surface area contributed by atoms with Crippen LogP contribution in [-0.4, -0.2) is 39.3 Å². The molecule has 0 saturated carbocycles. The zero-order chi connectivity index (χ0) is 20.0. The van der Waals surface area contributed by atoms with E-state index < -0.39 is 5.56 Å². The summed E-state index contributed by atoms with van der Waals surface area (Å²) >= 11 is 6.36. The summed E-state index contributed by atoms with van der Waals surface area (Å²) in [6.45, 7) is 0. The van der Waals surface area contributed by atoms with Crippen molar-refractivity contribution in [3.05, 3.63) is 64.6 Å². The topological polar surface area (TPSA) is 116 Å². The molecule has 0 saturated heterocycles. The molecule has 1 N–H and O–H groups in total. The lowest BCUT2D eigenvalue weighted by Crippen LogP contribution is -2.12. The molecule has 4 heterocycles. The molecule has 142 valence electrons. The molecule has 11 heteroatoms. The number of benzene rings is 1. The summed E-state index contributed by atoms with van der Waals surface area (Å²) in [7, 11) is 1.81. The van der Waals surface area contributed by atoms with Crippen LogP contribution in [0.2, 0.25) is 5.02 Å². The van der Waals surface area contributed by atoms with Gasteiger partial charge in [0.15, 0.2) is 11.5 Å². The number of nitrogens with one attached hydrogen (secondary N) is 1. The molecule has 0 spiro atoms. The number of anilines is 2. The fraction of sp³-hybridized carbons (Fsp3) is 0.0556. The van der Waals surface area contributed by atoms with Gasteiger partial charge in [-0.1, -0.05) is 17.7 Å². The summed E-state index contributed by atoms with van der Waals surface area (Å²) in [4.78, 5) is 29.2. The zero-order valence-corrected chi connectivity index (χ0v) is 15.7. The third-order valence-electron chi connectivity index (χ3n) is 4.24. The molecule has 0 bridgehead atoms. The van der Waals surface area contributed by atoms with Gasteiger partial charge in [-0.15, -0.1) is 5.10 Å². The molecular formula is C18H12ClN9O. The van der Waals surface area contributed by atoms with Crippen molar-refractivity contribution in [2.45, 2.75) is 0 Å². The second kappa shape index (κ2) is 6.60. The maximum atomic E-state index is 12.2. The largest absolute Gasteiger partial charge is 0.318 e. The molecule has 5 aromatic rings.